The molecule has 9 nitrogen and oxygen atoms in total. The number of nitrogens with one attached hydrogen (secondary N) is 1. The number of nitrogens with zero attached hydrogens (tertiary/aromatic N) is 3. The van der Waals surface area contributed by atoms with Crippen LogP contribution < -0.4 is 5.32 Å². The van der Waals surface area contributed by atoms with Crippen LogP contribution in [0.25, 0.3) is 0 Å². The van der Waals surface area contributed by atoms with Crippen molar-refractivity contribution >= 4 is 23.8 Å². The molecule has 1 N–H and O–H groups in total. The third-order valence-corrected chi connectivity index (χ3v) is 7.36. The van der Waals surface area contributed by atoms with Gasteiger partial charge in [0.05, 0.1) is 7.11 Å². The van der Waals surface area contributed by atoms with Crippen molar-refractivity contribution < 1.29 is 28.3 Å². The van der Waals surface area contributed by atoms with Crippen LogP contribution in [0.15, 0.2) is 48.5 Å². The van der Waals surface area contributed by atoms with Crippen molar-refractivity contribution in [2.45, 2.75) is 24.4 Å². The van der Waals surface area contributed by atoms with E-state index in [1.54, 1.807) is 17.0 Å². The van der Waals surface area contributed by atoms with Crippen molar-refractivity contribution in [3.63, 3.8) is 0 Å². The first-order valence-corrected chi connectivity index (χ1v) is 11.9. The Morgan fingerprint density at radius 3 is 2.44 bits per heavy atom. The zero-order chi connectivity index (χ0) is 25.4. The summed E-state index contributed by atoms with van der Waals surface area (Å²) in [5.41, 5.74) is 1.32. The highest BCUT2D eigenvalue weighted by Crippen LogP contribution is 2.41. The van der Waals surface area contributed by atoms with E-state index in [-0.39, 0.29) is 12.5 Å². The molecule has 0 saturated carbocycles. The fourth-order valence-corrected chi connectivity index (χ4v) is 5.45. The summed E-state index contributed by atoms with van der Waals surface area (Å²) in [5, 5.41) is 2.84. The van der Waals surface area contributed by atoms with Gasteiger partial charge in [-0.2, -0.15) is 0 Å². The SMILES string of the molecule is COC(=O)[C@@H](c1ccc(F)cc1)N1CCN(C(=O)CN2C(=O)N[C@@]3(CCc4ccccc43)C2=O)CC1. The summed E-state index contributed by atoms with van der Waals surface area (Å²) >= 11 is 0. The molecule has 36 heavy (non-hydrogen) atoms. The number of rotatable bonds is 5. The van der Waals surface area contributed by atoms with Crippen molar-refractivity contribution in [3.8, 4) is 0 Å². The summed E-state index contributed by atoms with van der Waals surface area (Å²) in [6.45, 7) is 1.03. The van der Waals surface area contributed by atoms with Crippen LogP contribution in [-0.4, -0.2) is 78.3 Å². The largest absolute Gasteiger partial charge is 0.468 e. The molecule has 0 aromatic heterocycles. The van der Waals surface area contributed by atoms with Crippen molar-refractivity contribution in [1.82, 2.24) is 20.0 Å². The van der Waals surface area contributed by atoms with Gasteiger partial charge in [0.1, 0.15) is 23.9 Å². The van der Waals surface area contributed by atoms with Gasteiger partial charge >= 0.3 is 12.0 Å². The first-order chi connectivity index (χ1) is 17.3. The molecular weight excluding hydrogens is 467 g/mol. The molecule has 5 rings (SSSR count). The second kappa shape index (κ2) is 9.34. The number of piperazine rings is 1. The van der Waals surface area contributed by atoms with Crippen LogP contribution in [0.2, 0.25) is 0 Å². The highest BCUT2D eigenvalue weighted by Gasteiger charge is 2.55. The number of hydrogen-bond donors (Lipinski definition) is 1. The molecule has 2 aromatic carbocycles. The Bertz CT molecular complexity index is 1210. The van der Waals surface area contributed by atoms with Crippen molar-refractivity contribution in [2.75, 3.05) is 39.8 Å². The molecule has 3 aliphatic rings. The van der Waals surface area contributed by atoms with E-state index in [1.165, 1.54) is 19.2 Å². The fourth-order valence-electron chi connectivity index (χ4n) is 5.45. The first-order valence-electron chi connectivity index (χ1n) is 11.9. The molecule has 1 spiro atoms. The second-order valence-electron chi connectivity index (χ2n) is 9.28. The number of fused-ring (bicyclic) bond motifs is 2. The van der Waals surface area contributed by atoms with Gasteiger partial charge in [0.2, 0.25) is 5.91 Å². The van der Waals surface area contributed by atoms with Crippen molar-refractivity contribution in [3.05, 3.63) is 71.0 Å². The van der Waals surface area contributed by atoms with Crippen LogP contribution in [0.3, 0.4) is 0 Å². The molecule has 2 saturated heterocycles. The summed E-state index contributed by atoms with van der Waals surface area (Å²) in [4.78, 5) is 56.1. The summed E-state index contributed by atoms with van der Waals surface area (Å²) in [6, 6.07) is 11.9. The molecule has 0 radical (unpaired) electrons. The zero-order valence-electron chi connectivity index (χ0n) is 19.9. The number of benzene rings is 2. The molecule has 2 atom stereocenters. The number of amides is 4. The molecule has 10 heteroatoms. The average Bonchev–Trinajstić information content (AvgIpc) is 3.38. The maximum atomic E-state index is 13.4. The number of esters is 1. The van der Waals surface area contributed by atoms with Crippen molar-refractivity contribution in [1.29, 1.82) is 0 Å². The minimum Gasteiger partial charge on any atom is -0.468 e. The predicted molar refractivity (Wildman–Crippen MR) is 126 cm³/mol. The lowest BCUT2D eigenvalue weighted by Crippen LogP contribution is -2.53. The van der Waals surface area contributed by atoms with Crippen LogP contribution in [0.4, 0.5) is 9.18 Å². The smallest absolute Gasteiger partial charge is 0.327 e. The standard InChI is InChI=1S/C26H27FN4O5/c1-36-23(33)22(18-6-8-19(27)9-7-18)30-14-12-29(13-15-30)21(32)16-31-24(34)26(28-25(31)35)11-10-17-4-2-3-5-20(17)26/h2-9,22H,10-16H2,1H3,(H,28,35)/t22-,26-/m1/s1. The molecule has 188 valence electrons. The summed E-state index contributed by atoms with van der Waals surface area (Å²) in [5.74, 6) is -1.60. The highest BCUT2D eigenvalue weighted by atomic mass is 19.1. The summed E-state index contributed by atoms with van der Waals surface area (Å²) < 4.78 is 18.3. The van der Waals surface area contributed by atoms with Gasteiger partial charge in [-0.05, 0) is 41.7 Å². The highest BCUT2D eigenvalue weighted by molar-refractivity contribution is 6.09. The number of methoxy groups -OCH3 is 1. The monoisotopic (exact) mass is 494 g/mol. The second-order valence-corrected chi connectivity index (χ2v) is 9.28. The van der Waals surface area contributed by atoms with E-state index in [1.807, 2.05) is 29.2 Å². The van der Waals surface area contributed by atoms with Gasteiger partial charge in [0.15, 0.2) is 0 Å². The predicted octanol–water partition coefficient (Wildman–Crippen LogP) is 1.58. The zero-order valence-corrected chi connectivity index (χ0v) is 19.9. The molecule has 2 aliphatic heterocycles. The Hall–Kier alpha value is -3.79. The molecule has 1 aliphatic carbocycles. The first kappa shape index (κ1) is 23.9. The van der Waals surface area contributed by atoms with E-state index in [9.17, 15) is 23.6 Å². The minimum absolute atomic E-state index is 0.311. The number of carbonyl (C=O) groups is 4. The van der Waals surface area contributed by atoms with E-state index < -0.39 is 35.3 Å². The third kappa shape index (κ3) is 4.01. The molecule has 0 bridgehead atoms. The molecule has 0 unspecified atom stereocenters. The van der Waals surface area contributed by atoms with Gasteiger partial charge in [-0.1, -0.05) is 36.4 Å². The number of aryl methyl sites for hydroxylation is 1. The van der Waals surface area contributed by atoms with E-state index >= 15 is 0 Å². The number of ether oxygens (including phenoxy) is 1. The van der Waals surface area contributed by atoms with Gasteiger partial charge < -0.3 is 15.0 Å². The Labute approximate surface area is 207 Å². The van der Waals surface area contributed by atoms with Crippen LogP contribution in [0.1, 0.15) is 29.2 Å². The van der Waals surface area contributed by atoms with Gasteiger partial charge in [-0.25, -0.2) is 14.0 Å². The molecule has 2 fully saturated rings. The maximum absolute atomic E-state index is 13.4. The Balaban J connectivity index is 1.24. The van der Waals surface area contributed by atoms with Gasteiger partial charge in [-0.15, -0.1) is 0 Å². The topological polar surface area (TPSA) is 99.3 Å². The van der Waals surface area contributed by atoms with Crippen LogP contribution in [0, 0.1) is 5.82 Å². The Morgan fingerprint density at radius 1 is 1.06 bits per heavy atom. The maximum Gasteiger partial charge on any atom is 0.327 e. The van der Waals surface area contributed by atoms with Gasteiger partial charge in [-0.3, -0.25) is 19.4 Å². The lowest BCUT2D eigenvalue weighted by atomic mass is 9.92. The number of imide groups is 1. The molecule has 4 amide bonds. The normalized spacial score (nSPS) is 22.5. The summed E-state index contributed by atoms with van der Waals surface area (Å²) in [6.07, 6.45) is 1.15. The van der Waals surface area contributed by atoms with Gasteiger partial charge in [0.25, 0.3) is 5.91 Å². The molecule has 2 aromatic rings. The minimum atomic E-state index is -1.10. The summed E-state index contributed by atoms with van der Waals surface area (Å²) in [7, 11) is 1.30. The number of urea groups is 1. The molecular formula is C26H27FN4O5. The fraction of sp³-hybridized carbons (Fsp3) is 0.385. The Morgan fingerprint density at radius 2 is 1.75 bits per heavy atom. The number of hydrogen-bond acceptors (Lipinski definition) is 6. The van der Waals surface area contributed by atoms with Gasteiger partial charge in [0, 0.05) is 26.2 Å². The number of carbonyl (C=O) groups excluding carboxylic acids is 4. The van der Waals surface area contributed by atoms with Crippen LogP contribution in [-0.2, 0) is 31.1 Å². The van der Waals surface area contributed by atoms with Crippen LogP contribution in [0.5, 0.6) is 0 Å². The average molecular weight is 495 g/mol. The van der Waals surface area contributed by atoms with E-state index in [2.05, 4.69) is 5.32 Å². The lowest BCUT2D eigenvalue weighted by Gasteiger charge is -2.38. The third-order valence-electron chi connectivity index (χ3n) is 7.36. The van der Waals surface area contributed by atoms with E-state index in [0.29, 0.717) is 44.6 Å². The number of halogens is 1. The van der Waals surface area contributed by atoms with E-state index in [0.717, 1.165) is 16.0 Å². The quantitative estimate of drug-likeness (QED) is 0.501. The lowest BCUT2D eigenvalue weighted by molar-refractivity contribution is -0.149. The van der Waals surface area contributed by atoms with Crippen molar-refractivity contribution in [2.24, 2.45) is 0 Å². The Kier molecular flexibility index (Phi) is 6.21. The molecule has 2 heterocycles. The van der Waals surface area contributed by atoms with E-state index in [4.69, 9.17) is 4.74 Å². The van der Waals surface area contributed by atoms with Crippen LogP contribution >= 0.6 is 0 Å².